The van der Waals surface area contributed by atoms with Crippen LogP contribution in [0.3, 0.4) is 0 Å². The number of esters is 1. The molecule has 0 aromatic heterocycles. The van der Waals surface area contributed by atoms with Crippen LogP contribution in [0.1, 0.15) is 17.5 Å². The van der Waals surface area contributed by atoms with Gasteiger partial charge < -0.3 is 15.0 Å². The van der Waals surface area contributed by atoms with E-state index < -0.39 is 17.8 Å². The van der Waals surface area contributed by atoms with Crippen LogP contribution < -0.4 is 10.2 Å². The van der Waals surface area contributed by atoms with Gasteiger partial charge in [0.05, 0.1) is 5.92 Å². The van der Waals surface area contributed by atoms with Gasteiger partial charge in [0.2, 0.25) is 5.91 Å². The number of carbonyl (C=O) groups is 3. The summed E-state index contributed by atoms with van der Waals surface area (Å²) in [6.45, 7) is 3.81. The number of aryl methyl sites for hydroxylation is 1. The summed E-state index contributed by atoms with van der Waals surface area (Å²) in [5.74, 6) is -1.66. The van der Waals surface area contributed by atoms with Crippen LogP contribution in [0.15, 0.2) is 46.9 Å². The van der Waals surface area contributed by atoms with E-state index >= 15 is 0 Å². The topological polar surface area (TPSA) is 75.7 Å². The van der Waals surface area contributed by atoms with Gasteiger partial charge in [-0.05, 0) is 49.2 Å². The molecular weight excluding hydrogens is 424 g/mol. The number of benzene rings is 2. The second kappa shape index (κ2) is 8.56. The molecular formula is C21H21BrN2O4. The van der Waals surface area contributed by atoms with Gasteiger partial charge in [0, 0.05) is 28.8 Å². The van der Waals surface area contributed by atoms with Crippen molar-refractivity contribution in [2.75, 3.05) is 23.4 Å². The van der Waals surface area contributed by atoms with Crippen LogP contribution in [0.5, 0.6) is 0 Å². The summed E-state index contributed by atoms with van der Waals surface area (Å²) < 4.78 is 5.97. The van der Waals surface area contributed by atoms with Crippen molar-refractivity contribution < 1.29 is 19.1 Å². The Balaban J connectivity index is 1.56. The minimum Gasteiger partial charge on any atom is -0.455 e. The van der Waals surface area contributed by atoms with Crippen LogP contribution in [0.2, 0.25) is 0 Å². The Morgan fingerprint density at radius 1 is 1.21 bits per heavy atom. The van der Waals surface area contributed by atoms with Gasteiger partial charge in [-0.3, -0.25) is 14.4 Å². The molecule has 1 aliphatic heterocycles. The molecule has 2 aromatic rings. The third-order valence-electron chi connectivity index (χ3n) is 4.78. The smallest absolute Gasteiger partial charge is 0.311 e. The van der Waals surface area contributed by atoms with Gasteiger partial charge >= 0.3 is 5.97 Å². The van der Waals surface area contributed by atoms with Crippen molar-refractivity contribution in [3.8, 4) is 0 Å². The summed E-state index contributed by atoms with van der Waals surface area (Å²) in [5, 5.41) is 2.66. The van der Waals surface area contributed by atoms with E-state index in [1.807, 2.05) is 38.1 Å². The molecule has 0 spiro atoms. The number of amides is 2. The SMILES string of the molecule is Cc1cccc(N2C[C@H](C(=O)OCC(=O)Nc3cccc(Br)c3)CC2=O)c1C. The number of hydrogen-bond donors (Lipinski definition) is 1. The standard InChI is InChI=1S/C21H21BrN2O4/c1-13-5-3-8-18(14(13)2)24-11-15(9-20(24)26)21(27)28-12-19(25)23-17-7-4-6-16(22)10-17/h3-8,10,15H,9,11-12H2,1-2H3,(H,23,25)/t15-/m1/s1. The van der Waals surface area contributed by atoms with Gasteiger partial charge in [-0.2, -0.15) is 0 Å². The molecule has 0 saturated carbocycles. The highest BCUT2D eigenvalue weighted by atomic mass is 79.9. The minimum atomic E-state index is -0.578. The lowest BCUT2D eigenvalue weighted by Gasteiger charge is -2.20. The molecule has 0 radical (unpaired) electrons. The van der Waals surface area contributed by atoms with E-state index in [4.69, 9.17) is 4.74 Å². The fraction of sp³-hybridized carbons (Fsp3) is 0.286. The fourth-order valence-electron chi connectivity index (χ4n) is 3.14. The Labute approximate surface area is 172 Å². The molecule has 28 heavy (non-hydrogen) atoms. The molecule has 1 heterocycles. The number of halogens is 1. The Hall–Kier alpha value is -2.67. The molecule has 0 unspecified atom stereocenters. The van der Waals surface area contributed by atoms with Crippen LogP contribution in [-0.4, -0.2) is 30.9 Å². The third-order valence-corrected chi connectivity index (χ3v) is 5.27. The van der Waals surface area contributed by atoms with Gasteiger partial charge in [-0.15, -0.1) is 0 Å². The van der Waals surface area contributed by atoms with Crippen LogP contribution >= 0.6 is 15.9 Å². The quantitative estimate of drug-likeness (QED) is 0.714. The Kier molecular flexibility index (Phi) is 6.14. The zero-order valence-electron chi connectivity index (χ0n) is 15.7. The van der Waals surface area contributed by atoms with E-state index in [0.717, 1.165) is 21.3 Å². The third kappa shape index (κ3) is 4.59. The fourth-order valence-corrected chi connectivity index (χ4v) is 3.54. The van der Waals surface area contributed by atoms with Gasteiger partial charge in [0.15, 0.2) is 6.61 Å². The first kappa shape index (κ1) is 20.1. The van der Waals surface area contributed by atoms with E-state index in [-0.39, 0.29) is 25.5 Å². The van der Waals surface area contributed by atoms with E-state index in [0.29, 0.717) is 5.69 Å². The summed E-state index contributed by atoms with van der Waals surface area (Å²) in [6, 6.07) is 12.9. The van der Waals surface area contributed by atoms with E-state index in [1.54, 1.807) is 23.1 Å². The molecule has 0 aliphatic carbocycles. The maximum absolute atomic E-state index is 12.4. The van der Waals surface area contributed by atoms with Crippen molar-refractivity contribution in [1.82, 2.24) is 0 Å². The normalized spacial score (nSPS) is 16.2. The molecule has 2 aromatic carbocycles. The Morgan fingerprint density at radius 2 is 1.96 bits per heavy atom. The number of anilines is 2. The zero-order chi connectivity index (χ0) is 20.3. The van der Waals surface area contributed by atoms with Crippen LogP contribution in [0.4, 0.5) is 11.4 Å². The largest absolute Gasteiger partial charge is 0.455 e. The average Bonchev–Trinajstić information content (AvgIpc) is 3.04. The van der Waals surface area contributed by atoms with Crippen LogP contribution in [0.25, 0.3) is 0 Å². The van der Waals surface area contributed by atoms with Crippen molar-refractivity contribution >= 4 is 45.1 Å². The summed E-state index contributed by atoms with van der Waals surface area (Å²) in [7, 11) is 0. The number of nitrogens with one attached hydrogen (secondary N) is 1. The van der Waals surface area contributed by atoms with Crippen molar-refractivity contribution in [1.29, 1.82) is 0 Å². The molecule has 1 saturated heterocycles. The molecule has 2 amide bonds. The Morgan fingerprint density at radius 3 is 2.71 bits per heavy atom. The second-order valence-electron chi connectivity index (χ2n) is 6.79. The first-order valence-corrected chi connectivity index (χ1v) is 9.73. The molecule has 1 aliphatic rings. The molecule has 146 valence electrons. The van der Waals surface area contributed by atoms with Crippen molar-refractivity contribution in [3.05, 3.63) is 58.1 Å². The molecule has 1 atom stereocenters. The van der Waals surface area contributed by atoms with Crippen molar-refractivity contribution in [2.24, 2.45) is 5.92 Å². The van der Waals surface area contributed by atoms with Gasteiger partial charge in [-0.25, -0.2) is 0 Å². The summed E-state index contributed by atoms with van der Waals surface area (Å²) >= 11 is 3.33. The van der Waals surface area contributed by atoms with Gasteiger partial charge in [0.1, 0.15) is 0 Å². The lowest BCUT2D eigenvalue weighted by Crippen LogP contribution is -2.28. The van der Waals surface area contributed by atoms with Gasteiger partial charge in [-0.1, -0.05) is 34.1 Å². The number of carbonyl (C=O) groups excluding carboxylic acids is 3. The molecule has 0 bridgehead atoms. The van der Waals surface area contributed by atoms with Crippen LogP contribution in [-0.2, 0) is 19.1 Å². The highest BCUT2D eigenvalue weighted by Gasteiger charge is 2.37. The number of ether oxygens (including phenoxy) is 1. The van der Waals surface area contributed by atoms with E-state index in [2.05, 4.69) is 21.2 Å². The monoisotopic (exact) mass is 444 g/mol. The lowest BCUT2D eigenvalue weighted by atomic mass is 10.1. The summed E-state index contributed by atoms with van der Waals surface area (Å²) in [5.41, 5.74) is 3.51. The highest BCUT2D eigenvalue weighted by Crippen LogP contribution is 2.29. The predicted molar refractivity (Wildman–Crippen MR) is 110 cm³/mol. The molecule has 1 fully saturated rings. The number of rotatable bonds is 5. The van der Waals surface area contributed by atoms with Crippen molar-refractivity contribution in [3.63, 3.8) is 0 Å². The lowest BCUT2D eigenvalue weighted by molar-refractivity contribution is -0.151. The number of hydrogen-bond acceptors (Lipinski definition) is 4. The maximum Gasteiger partial charge on any atom is 0.311 e. The molecule has 3 rings (SSSR count). The van der Waals surface area contributed by atoms with E-state index in [1.165, 1.54) is 0 Å². The molecule has 6 nitrogen and oxygen atoms in total. The maximum atomic E-state index is 12.4. The molecule has 1 N–H and O–H groups in total. The zero-order valence-corrected chi connectivity index (χ0v) is 17.3. The first-order chi connectivity index (χ1) is 13.3. The predicted octanol–water partition coefficient (Wildman–Crippen LogP) is 3.60. The van der Waals surface area contributed by atoms with E-state index in [9.17, 15) is 14.4 Å². The summed E-state index contributed by atoms with van der Waals surface area (Å²) in [4.78, 5) is 38.4. The number of nitrogens with zero attached hydrogens (tertiary/aromatic N) is 1. The summed E-state index contributed by atoms with van der Waals surface area (Å²) in [6.07, 6.45) is 0.0828. The second-order valence-corrected chi connectivity index (χ2v) is 7.71. The highest BCUT2D eigenvalue weighted by molar-refractivity contribution is 9.10. The van der Waals surface area contributed by atoms with Crippen molar-refractivity contribution in [2.45, 2.75) is 20.3 Å². The Bertz CT molecular complexity index is 928. The van der Waals surface area contributed by atoms with Crippen LogP contribution in [0, 0.1) is 19.8 Å². The molecule has 7 heteroatoms. The average molecular weight is 445 g/mol. The first-order valence-electron chi connectivity index (χ1n) is 8.94. The minimum absolute atomic E-state index is 0.0828. The van der Waals surface area contributed by atoms with Gasteiger partial charge in [0.25, 0.3) is 5.91 Å².